The van der Waals surface area contributed by atoms with Crippen molar-refractivity contribution in [1.82, 2.24) is 19.8 Å². The van der Waals surface area contributed by atoms with E-state index in [-0.39, 0.29) is 35.8 Å². The van der Waals surface area contributed by atoms with Crippen LogP contribution in [0, 0.1) is 5.82 Å². The average Bonchev–Trinajstić information content (AvgIpc) is 2.93. The van der Waals surface area contributed by atoms with Crippen molar-refractivity contribution in [3.05, 3.63) is 45.1 Å². The third kappa shape index (κ3) is 4.50. The van der Waals surface area contributed by atoms with E-state index in [0.29, 0.717) is 0 Å². The molecule has 1 aromatic carbocycles. The second kappa shape index (κ2) is 8.52. The van der Waals surface area contributed by atoms with Crippen molar-refractivity contribution >= 4 is 23.6 Å². The Morgan fingerprint density at radius 3 is 2.84 bits per heavy atom. The van der Waals surface area contributed by atoms with Crippen molar-refractivity contribution in [2.45, 2.75) is 19.9 Å². The van der Waals surface area contributed by atoms with E-state index in [2.05, 4.69) is 10.4 Å². The Balaban J connectivity index is 2.39. The van der Waals surface area contributed by atoms with Crippen LogP contribution in [0.15, 0.2) is 23.0 Å². The molecule has 0 radical (unpaired) electrons. The normalized spacial score (nSPS) is 11.2. The van der Waals surface area contributed by atoms with Gasteiger partial charge in [0.25, 0.3) is 0 Å². The molecule has 0 saturated carbocycles. The monoisotopic (exact) mass is 372 g/mol. The van der Waals surface area contributed by atoms with Crippen LogP contribution in [0.2, 0.25) is 5.02 Å². The smallest absolute Gasteiger partial charge is 0.368 e. The summed E-state index contributed by atoms with van der Waals surface area (Å²) in [4.78, 5) is 23.5. The van der Waals surface area contributed by atoms with Gasteiger partial charge in [-0.1, -0.05) is 11.6 Å². The molecule has 0 spiro atoms. The number of esters is 1. The van der Waals surface area contributed by atoms with Crippen LogP contribution in [-0.4, -0.2) is 39.0 Å². The molecule has 0 unspecified atom stereocenters. The first-order valence-corrected chi connectivity index (χ1v) is 7.78. The van der Waals surface area contributed by atoms with Crippen molar-refractivity contribution in [2.24, 2.45) is 0 Å². The number of carbonyl (C=O) groups is 1. The van der Waals surface area contributed by atoms with Gasteiger partial charge in [0, 0.05) is 6.08 Å². The molecule has 10 heteroatoms. The van der Waals surface area contributed by atoms with E-state index < -0.39 is 24.2 Å². The number of alkyl halides is 1. The first kappa shape index (κ1) is 18.8. The second-order valence-electron chi connectivity index (χ2n) is 4.85. The standard InChI is InChI=1S/C15H15ClF2N4O3/c1-2-25-14(23)5-4-10-8-13(12(18)9-11(10)16)22-15(24)21(19-20-22)7-3-6-17/h4-5,8-9H,2-3,6-7H2,1H3. The first-order valence-electron chi connectivity index (χ1n) is 7.41. The summed E-state index contributed by atoms with van der Waals surface area (Å²) < 4.78 is 32.8. The topological polar surface area (TPSA) is 79.0 Å². The molecule has 0 atom stereocenters. The van der Waals surface area contributed by atoms with Gasteiger partial charge in [-0.05, 0) is 47.5 Å². The van der Waals surface area contributed by atoms with E-state index >= 15 is 0 Å². The van der Waals surface area contributed by atoms with Gasteiger partial charge in [-0.15, -0.1) is 0 Å². The molecule has 2 aromatic rings. The highest BCUT2D eigenvalue weighted by Gasteiger charge is 2.15. The molecule has 0 amide bonds. The lowest BCUT2D eigenvalue weighted by molar-refractivity contribution is -0.137. The van der Waals surface area contributed by atoms with Crippen LogP contribution in [0.25, 0.3) is 11.8 Å². The van der Waals surface area contributed by atoms with Crippen LogP contribution >= 0.6 is 11.6 Å². The van der Waals surface area contributed by atoms with Gasteiger partial charge in [0.05, 0.1) is 24.8 Å². The summed E-state index contributed by atoms with van der Waals surface area (Å²) in [5.41, 5.74) is -0.615. The lowest BCUT2D eigenvalue weighted by Gasteiger charge is -2.05. The summed E-state index contributed by atoms with van der Waals surface area (Å²) in [7, 11) is 0. The van der Waals surface area contributed by atoms with Gasteiger partial charge in [0.15, 0.2) is 5.82 Å². The van der Waals surface area contributed by atoms with Crippen LogP contribution in [0.5, 0.6) is 0 Å². The van der Waals surface area contributed by atoms with E-state index in [9.17, 15) is 18.4 Å². The van der Waals surface area contributed by atoms with Gasteiger partial charge >= 0.3 is 11.7 Å². The number of rotatable bonds is 7. The number of aromatic nitrogens is 4. The Bertz CT molecular complexity index is 848. The van der Waals surface area contributed by atoms with Crippen LogP contribution in [-0.2, 0) is 16.1 Å². The molecular formula is C15H15ClF2N4O3. The number of hydrogen-bond donors (Lipinski definition) is 0. The van der Waals surface area contributed by atoms with Crippen LogP contribution < -0.4 is 5.69 Å². The number of aryl methyl sites for hydroxylation is 1. The number of hydrogen-bond acceptors (Lipinski definition) is 5. The minimum Gasteiger partial charge on any atom is -0.463 e. The average molecular weight is 373 g/mol. The van der Waals surface area contributed by atoms with Crippen molar-refractivity contribution in [3.8, 4) is 5.69 Å². The maximum atomic E-state index is 14.2. The zero-order chi connectivity index (χ0) is 18.4. The summed E-state index contributed by atoms with van der Waals surface area (Å²) in [6, 6.07) is 2.25. The van der Waals surface area contributed by atoms with Crippen LogP contribution in [0.1, 0.15) is 18.9 Å². The maximum absolute atomic E-state index is 14.2. The molecule has 0 saturated heterocycles. The van der Waals surface area contributed by atoms with Crippen molar-refractivity contribution in [2.75, 3.05) is 13.3 Å². The summed E-state index contributed by atoms with van der Waals surface area (Å²) in [6.07, 6.45) is 2.56. The van der Waals surface area contributed by atoms with E-state index in [1.54, 1.807) is 6.92 Å². The highest BCUT2D eigenvalue weighted by Crippen LogP contribution is 2.23. The van der Waals surface area contributed by atoms with Crippen molar-refractivity contribution in [1.29, 1.82) is 0 Å². The molecular weight excluding hydrogens is 358 g/mol. The molecule has 25 heavy (non-hydrogen) atoms. The summed E-state index contributed by atoms with van der Waals surface area (Å²) in [5, 5.41) is 7.21. The van der Waals surface area contributed by atoms with Crippen molar-refractivity contribution in [3.63, 3.8) is 0 Å². The maximum Gasteiger partial charge on any atom is 0.368 e. The number of nitrogens with zero attached hydrogens (tertiary/aromatic N) is 4. The zero-order valence-corrected chi connectivity index (χ0v) is 14.0. The number of carbonyl (C=O) groups excluding carboxylic acids is 1. The zero-order valence-electron chi connectivity index (χ0n) is 13.3. The fourth-order valence-electron chi connectivity index (χ4n) is 1.97. The minimum absolute atomic E-state index is 0.0279. The SMILES string of the molecule is CCOC(=O)C=Cc1cc(-n2nnn(CCCF)c2=O)c(F)cc1Cl. The van der Waals surface area contributed by atoms with Crippen LogP contribution in [0.3, 0.4) is 0 Å². The first-order chi connectivity index (χ1) is 12.0. The molecule has 1 heterocycles. The molecule has 0 aliphatic rings. The predicted molar refractivity (Wildman–Crippen MR) is 86.8 cm³/mol. The molecule has 0 N–H and O–H groups in total. The Morgan fingerprint density at radius 1 is 1.40 bits per heavy atom. The van der Waals surface area contributed by atoms with Gasteiger partial charge < -0.3 is 4.74 Å². The summed E-state index contributed by atoms with van der Waals surface area (Å²) >= 11 is 5.95. The largest absolute Gasteiger partial charge is 0.463 e. The Hall–Kier alpha value is -2.55. The van der Waals surface area contributed by atoms with E-state index in [0.717, 1.165) is 21.5 Å². The molecule has 0 fully saturated rings. The van der Waals surface area contributed by atoms with Gasteiger partial charge in [-0.2, -0.15) is 9.36 Å². The highest BCUT2D eigenvalue weighted by atomic mass is 35.5. The Labute approximate surface area is 146 Å². The molecule has 2 rings (SSSR count). The van der Waals surface area contributed by atoms with Gasteiger partial charge in [0.2, 0.25) is 0 Å². The fraction of sp³-hybridized carbons (Fsp3) is 0.333. The van der Waals surface area contributed by atoms with E-state index in [1.807, 2.05) is 0 Å². The fourth-order valence-corrected chi connectivity index (χ4v) is 2.18. The number of tetrazole rings is 1. The Morgan fingerprint density at radius 2 is 2.16 bits per heavy atom. The third-order valence-electron chi connectivity index (χ3n) is 3.12. The van der Waals surface area contributed by atoms with Gasteiger partial charge in [0.1, 0.15) is 5.69 Å². The molecule has 1 aromatic heterocycles. The number of ether oxygens (including phenoxy) is 1. The lowest BCUT2D eigenvalue weighted by Crippen LogP contribution is -2.25. The van der Waals surface area contributed by atoms with Crippen molar-refractivity contribution < 1.29 is 18.3 Å². The number of benzene rings is 1. The quantitative estimate of drug-likeness (QED) is 0.549. The number of halogens is 3. The predicted octanol–water partition coefficient (Wildman–Crippen LogP) is 2.16. The second-order valence-corrected chi connectivity index (χ2v) is 5.26. The van der Waals surface area contributed by atoms with Gasteiger partial charge in [-0.25, -0.2) is 14.0 Å². The van der Waals surface area contributed by atoms with E-state index in [1.165, 1.54) is 12.1 Å². The summed E-state index contributed by atoms with van der Waals surface area (Å²) in [5.74, 6) is -1.38. The Kier molecular flexibility index (Phi) is 6.40. The molecule has 0 bridgehead atoms. The minimum atomic E-state index is -0.794. The summed E-state index contributed by atoms with van der Waals surface area (Å²) in [6.45, 7) is 1.29. The third-order valence-corrected chi connectivity index (χ3v) is 3.45. The highest BCUT2D eigenvalue weighted by molar-refractivity contribution is 6.32. The molecule has 0 aliphatic heterocycles. The van der Waals surface area contributed by atoms with E-state index in [4.69, 9.17) is 16.3 Å². The molecule has 134 valence electrons. The molecule has 7 nitrogen and oxygen atoms in total. The molecule has 0 aliphatic carbocycles. The van der Waals surface area contributed by atoms with Crippen LogP contribution in [0.4, 0.5) is 8.78 Å². The lowest BCUT2D eigenvalue weighted by atomic mass is 10.1. The van der Waals surface area contributed by atoms with Gasteiger partial charge in [-0.3, -0.25) is 4.39 Å².